The van der Waals surface area contributed by atoms with E-state index >= 15 is 0 Å². The van der Waals surface area contributed by atoms with Crippen LogP contribution in [0.4, 0.5) is 0 Å². The number of H-pyrrole nitrogens is 1. The molecule has 0 spiro atoms. The van der Waals surface area contributed by atoms with Gasteiger partial charge >= 0.3 is 27.2 Å². The number of hydrogen-bond acceptors (Lipinski definition) is 3. The number of nitrogens with zero attached hydrogens (tertiary/aromatic N) is 3. The molecule has 19 heavy (non-hydrogen) atoms. The predicted octanol–water partition coefficient (Wildman–Crippen LogP) is 3.02. The van der Waals surface area contributed by atoms with Gasteiger partial charge in [-0.05, 0) is 36.3 Å². The van der Waals surface area contributed by atoms with E-state index in [1.807, 2.05) is 36.4 Å². The molecule has 3 heterocycles. The summed E-state index contributed by atoms with van der Waals surface area (Å²) in [6, 6.07) is 11.5. The van der Waals surface area contributed by atoms with Gasteiger partial charge in [-0.15, -0.1) is 0 Å². The molecule has 0 bridgehead atoms. The van der Waals surface area contributed by atoms with Gasteiger partial charge in [0, 0.05) is 23.8 Å². The first kappa shape index (κ1) is 13.9. The zero-order valence-corrected chi connectivity index (χ0v) is 13.0. The van der Waals surface area contributed by atoms with E-state index < -0.39 is 0 Å². The SMILES string of the molecule is [Cl][Os].[c-]1nc(-c2ccccn2)c(-c2ccccn2)[nH]1. The zero-order valence-electron chi connectivity index (χ0n) is 9.69. The van der Waals surface area contributed by atoms with Crippen LogP contribution in [-0.2, 0) is 17.6 Å². The average Bonchev–Trinajstić information content (AvgIpc) is 3.01. The molecule has 97 valence electrons. The molecule has 1 N–H and O–H groups in total. The van der Waals surface area contributed by atoms with Gasteiger partial charge in [0.15, 0.2) is 0 Å². The number of imidazole rings is 1. The maximum atomic E-state index is 4.67. The van der Waals surface area contributed by atoms with Crippen LogP contribution >= 0.6 is 9.64 Å². The molecular weight excluding hydrogens is 438 g/mol. The van der Waals surface area contributed by atoms with E-state index in [9.17, 15) is 0 Å². The zero-order chi connectivity index (χ0) is 13.5. The van der Waals surface area contributed by atoms with Crippen molar-refractivity contribution in [1.29, 1.82) is 0 Å². The van der Waals surface area contributed by atoms with E-state index in [4.69, 9.17) is 0 Å². The van der Waals surface area contributed by atoms with Crippen LogP contribution in [0.15, 0.2) is 48.8 Å². The second-order valence-electron chi connectivity index (χ2n) is 3.50. The van der Waals surface area contributed by atoms with Gasteiger partial charge in [-0.2, -0.15) is 0 Å². The van der Waals surface area contributed by atoms with Gasteiger partial charge in [0.25, 0.3) is 0 Å². The first-order valence-electron chi connectivity index (χ1n) is 5.37. The molecular formula is C13H9ClN4Os-. The Balaban J connectivity index is 0.000000637. The van der Waals surface area contributed by atoms with Crippen LogP contribution in [0.1, 0.15) is 0 Å². The Bertz CT molecular complexity index is 559. The summed E-state index contributed by atoms with van der Waals surface area (Å²) >= 11 is 1.33. The first-order valence-corrected chi connectivity index (χ1v) is 8.52. The molecule has 3 rings (SSSR count). The van der Waals surface area contributed by atoms with E-state index in [0.29, 0.717) is 0 Å². The van der Waals surface area contributed by atoms with Crippen LogP contribution in [0.3, 0.4) is 0 Å². The quantitative estimate of drug-likeness (QED) is 0.616. The number of hydrogen-bond donors (Lipinski definition) is 1. The van der Waals surface area contributed by atoms with Crippen molar-refractivity contribution in [2.24, 2.45) is 0 Å². The third-order valence-corrected chi connectivity index (χ3v) is 2.41. The molecule has 0 aromatic carbocycles. The Morgan fingerprint density at radius 3 is 2.16 bits per heavy atom. The number of nitrogens with one attached hydrogen (secondary N) is 1. The smallest absolute Gasteiger partial charge is 0.0262 e. The van der Waals surface area contributed by atoms with Crippen molar-refractivity contribution < 1.29 is 17.6 Å². The van der Waals surface area contributed by atoms with Crippen LogP contribution in [0, 0.1) is 6.33 Å². The van der Waals surface area contributed by atoms with Crippen LogP contribution < -0.4 is 0 Å². The van der Waals surface area contributed by atoms with E-state index in [0.717, 1.165) is 22.8 Å². The van der Waals surface area contributed by atoms with Gasteiger partial charge in [-0.25, -0.2) is 0 Å². The summed E-state index contributed by atoms with van der Waals surface area (Å²) in [5, 5.41) is 0. The average molecular weight is 447 g/mol. The van der Waals surface area contributed by atoms with Crippen molar-refractivity contribution in [3.8, 4) is 22.8 Å². The second-order valence-corrected chi connectivity index (χ2v) is 3.50. The van der Waals surface area contributed by atoms with E-state index in [2.05, 4.69) is 35.9 Å². The summed E-state index contributed by atoms with van der Waals surface area (Å²) in [7, 11) is 4.67. The topological polar surface area (TPSA) is 54.5 Å². The van der Waals surface area contributed by atoms with Crippen LogP contribution in [0.5, 0.6) is 0 Å². The number of halogens is 1. The standard InChI is InChI=1S/C13H9N4.ClH.Os/c1-3-7-14-10(5-1)12-13(17-9-16-12)11-6-2-4-8-15-11;;/h1-8H,(H,16,17);1H;/q-1;;+1/p-1. The second kappa shape index (κ2) is 7.13. The number of aromatic nitrogens is 4. The summed E-state index contributed by atoms with van der Waals surface area (Å²) in [5.41, 5.74) is 3.25. The minimum atomic E-state index is 0.768. The van der Waals surface area contributed by atoms with Gasteiger partial charge in [-0.1, -0.05) is 17.8 Å². The van der Waals surface area contributed by atoms with Crippen molar-refractivity contribution in [3.63, 3.8) is 0 Å². The van der Waals surface area contributed by atoms with E-state index in [1.165, 1.54) is 17.6 Å². The molecule has 0 unspecified atom stereocenters. The third-order valence-electron chi connectivity index (χ3n) is 2.41. The Labute approximate surface area is 125 Å². The summed E-state index contributed by atoms with van der Waals surface area (Å²) in [6.07, 6.45) is 6.23. The van der Waals surface area contributed by atoms with Gasteiger partial charge in [0.05, 0.1) is 0 Å². The van der Waals surface area contributed by atoms with Crippen molar-refractivity contribution in [1.82, 2.24) is 19.9 Å². The van der Waals surface area contributed by atoms with Crippen molar-refractivity contribution >= 4 is 9.64 Å². The van der Waals surface area contributed by atoms with Crippen molar-refractivity contribution in [2.75, 3.05) is 0 Å². The van der Waals surface area contributed by atoms with Crippen molar-refractivity contribution in [3.05, 3.63) is 55.1 Å². The molecule has 4 nitrogen and oxygen atoms in total. The predicted molar refractivity (Wildman–Crippen MR) is 69.7 cm³/mol. The fourth-order valence-electron chi connectivity index (χ4n) is 1.64. The fraction of sp³-hybridized carbons (Fsp3) is 0. The Hall–Kier alpha value is -1.56. The molecule has 3 aromatic heterocycles. The molecule has 0 saturated carbocycles. The summed E-state index contributed by atoms with van der Waals surface area (Å²) in [6.45, 7) is 0. The Morgan fingerprint density at radius 2 is 1.58 bits per heavy atom. The monoisotopic (exact) mass is 448 g/mol. The summed E-state index contributed by atoms with van der Waals surface area (Å²) in [5.74, 6) is 0. The van der Waals surface area contributed by atoms with Crippen molar-refractivity contribution in [2.45, 2.75) is 0 Å². The molecule has 6 heteroatoms. The number of aromatic amines is 1. The van der Waals surface area contributed by atoms with Gasteiger partial charge < -0.3 is 9.97 Å². The Morgan fingerprint density at radius 1 is 0.947 bits per heavy atom. The molecule has 0 fully saturated rings. The van der Waals surface area contributed by atoms with Crippen LogP contribution in [0.2, 0.25) is 0 Å². The van der Waals surface area contributed by atoms with E-state index in [1.54, 1.807) is 12.4 Å². The molecule has 0 amide bonds. The minimum absolute atomic E-state index is 0.768. The fourth-order valence-corrected chi connectivity index (χ4v) is 1.64. The molecule has 0 radical (unpaired) electrons. The summed E-state index contributed by atoms with van der Waals surface area (Å²) < 4.78 is 0. The van der Waals surface area contributed by atoms with Gasteiger partial charge in [0.1, 0.15) is 0 Å². The molecule has 0 atom stereocenters. The van der Waals surface area contributed by atoms with Crippen LogP contribution in [0.25, 0.3) is 22.8 Å². The molecule has 0 aliphatic carbocycles. The molecule has 3 aromatic rings. The summed E-state index contributed by atoms with van der Waals surface area (Å²) in [4.78, 5) is 15.7. The molecule has 0 saturated heterocycles. The normalized spacial score (nSPS) is 9.58. The molecule has 0 aliphatic heterocycles. The Kier molecular flexibility index (Phi) is 5.20. The van der Waals surface area contributed by atoms with Gasteiger partial charge in [-0.3, -0.25) is 9.97 Å². The van der Waals surface area contributed by atoms with E-state index in [-0.39, 0.29) is 0 Å². The number of rotatable bonds is 2. The molecule has 0 aliphatic rings. The third kappa shape index (κ3) is 3.26. The largest absolute Gasteiger partial charge is 0.459 e. The maximum Gasteiger partial charge on any atom is 0.0262 e. The minimum Gasteiger partial charge on any atom is -0.459 e. The van der Waals surface area contributed by atoms with Crippen LogP contribution in [-0.4, -0.2) is 19.9 Å². The number of pyridine rings is 2. The first-order chi connectivity index (χ1) is 9.45. The van der Waals surface area contributed by atoms with Gasteiger partial charge in [0.2, 0.25) is 0 Å². The maximum absolute atomic E-state index is 4.67.